The summed E-state index contributed by atoms with van der Waals surface area (Å²) in [7, 11) is 0. The normalized spacial score (nSPS) is 25.8. The first kappa shape index (κ1) is 18.6. The van der Waals surface area contributed by atoms with Crippen molar-refractivity contribution in [2.75, 3.05) is 32.7 Å². The molecule has 3 aliphatic heterocycles. The third kappa shape index (κ3) is 3.41. The Balaban J connectivity index is 1.22. The lowest BCUT2D eigenvalue weighted by Gasteiger charge is -2.51. The number of hydrogen-bond donors (Lipinski definition) is 0. The standard InChI is InChI=1S/C20H23F2N3O4/c21-18(22)28-15-5-1-13(2-6-15)9-23-7-8-25-16(10-23)20(29-19(25)27)11-24(12-20)17(26)14-3-4-14/h1-2,5-6,14,16,18H,3-4,7-12H2. The average molecular weight is 407 g/mol. The number of piperazine rings is 1. The Morgan fingerprint density at radius 3 is 2.59 bits per heavy atom. The van der Waals surface area contributed by atoms with Gasteiger partial charge >= 0.3 is 12.7 Å². The molecule has 156 valence electrons. The predicted octanol–water partition coefficient (Wildman–Crippen LogP) is 1.92. The summed E-state index contributed by atoms with van der Waals surface area (Å²) in [5, 5.41) is 0. The maximum Gasteiger partial charge on any atom is 0.411 e. The van der Waals surface area contributed by atoms with Crippen LogP contribution in [0.25, 0.3) is 0 Å². The van der Waals surface area contributed by atoms with Crippen LogP contribution in [-0.2, 0) is 16.1 Å². The fourth-order valence-electron chi connectivity index (χ4n) is 4.61. The summed E-state index contributed by atoms with van der Waals surface area (Å²) >= 11 is 0. The van der Waals surface area contributed by atoms with E-state index in [0.717, 1.165) is 18.4 Å². The zero-order valence-corrected chi connectivity index (χ0v) is 15.9. The highest BCUT2D eigenvalue weighted by Gasteiger charge is 2.63. The number of rotatable bonds is 5. The lowest BCUT2D eigenvalue weighted by atomic mass is 9.84. The van der Waals surface area contributed by atoms with Gasteiger partial charge in [-0.2, -0.15) is 8.78 Å². The number of likely N-dealkylation sites (tertiary alicyclic amines) is 1. The van der Waals surface area contributed by atoms with Crippen LogP contribution in [0.15, 0.2) is 24.3 Å². The van der Waals surface area contributed by atoms with E-state index in [1.54, 1.807) is 17.0 Å². The van der Waals surface area contributed by atoms with E-state index >= 15 is 0 Å². The third-order valence-electron chi connectivity index (χ3n) is 6.31. The average Bonchev–Trinajstić information content (AvgIpc) is 3.46. The van der Waals surface area contributed by atoms with Crippen LogP contribution in [0.4, 0.5) is 13.6 Å². The molecule has 0 bridgehead atoms. The van der Waals surface area contributed by atoms with Crippen molar-refractivity contribution in [3.63, 3.8) is 0 Å². The predicted molar refractivity (Wildman–Crippen MR) is 97.4 cm³/mol. The smallest absolute Gasteiger partial charge is 0.411 e. The number of hydrogen-bond acceptors (Lipinski definition) is 5. The number of ether oxygens (including phenoxy) is 2. The quantitative estimate of drug-likeness (QED) is 0.746. The van der Waals surface area contributed by atoms with E-state index in [9.17, 15) is 18.4 Å². The van der Waals surface area contributed by atoms with Crippen molar-refractivity contribution in [2.45, 2.75) is 37.6 Å². The zero-order valence-electron chi connectivity index (χ0n) is 15.9. The largest absolute Gasteiger partial charge is 0.437 e. The van der Waals surface area contributed by atoms with Gasteiger partial charge in [0.25, 0.3) is 0 Å². The second kappa shape index (κ2) is 6.83. The highest BCUT2D eigenvalue weighted by molar-refractivity contribution is 5.83. The van der Waals surface area contributed by atoms with Gasteiger partial charge in [-0.3, -0.25) is 14.6 Å². The Bertz CT molecular complexity index is 808. The van der Waals surface area contributed by atoms with Gasteiger partial charge in [0.2, 0.25) is 5.91 Å². The number of nitrogens with zero attached hydrogens (tertiary/aromatic N) is 3. The van der Waals surface area contributed by atoms with Gasteiger partial charge in [-0.05, 0) is 30.5 Å². The van der Waals surface area contributed by atoms with E-state index in [1.165, 1.54) is 12.1 Å². The molecule has 4 aliphatic rings. The van der Waals surface area contributed by atoms with Crippen LogP contribution < -0.4 is 4.74 Å². The van der Waals surface area contributed by atoms with Gasteiger partial charge in [0, 0.05) is 32.1 Å². The number of carbonyl (C=O) groups excluding carboxylic acids is 2. The molecule has 1 aromatic carbocycles. The Morgan fingerprint density at radius 1 is 1.21 bits per heavy atom. The molecule has 29 heavy (non-hydrogen) atoms. The molecule has 9 heteroatoms. The minimum Gasteiger partial charge on any atom is -0.437 e. The summed E-state index contributed by atoms with van der Waals surface area (Å²) in [4.78, 5) is 30.4. The minimum absolute atomic E-state index is 0.0755. The second-order valence-electron chi connectivity index (χ2n) is 8.37. The lowest BCUT2D eigenvalue weighted by Crippen LogP contribution is -2.72. The first-order chi connectivity index (χ1) is 13.9. The van der Waals surface area contributed by atoms with Gasteiger partial charge in [0.15, 0.2) is 5.60 Å². The van der Waals surface area contributed by atoms with Crippen LogP contribution in [0.5, 0.6) is 5.75 Å². The monoisotopic (exact) mass is 407 g/mol. The molecular weight excluding hydrogens is 384 g/mol. The first-order valence-corrected chi connectivity index (χ1v) is 9.98. The molecule has 1 unspecified atom stereocenters. The van der Waals surface area contributed by atoms with E-state index < -0.39 is 12.2 Å². The highest BCUT2D eigenvalue weighted by atomic mass is 19.3. The van der Waals surface area contributed by atoms with Crippen molar-refractivity contribution in [2.24, 2.45) is 5.92 Å². The van der Waals surface area contributed by atoms with Crippen LogP contribution >= 0.6 is 0 Å². The molecular formula is C20H23F2N3O4. The number of fused-ring (bicyclic) bond motifs is 2. The van der Waals surface area contributed by atoms with Crippen LogP contribution in [-0.4, -0.2) is 77.7 Å². The van der Waals surface area contributed by atoms with Crippen LogP contribution in [0.1, 0.15) is 18.4 Å². The van der Waals surface area contributed by atoms with Gasteiger partial charge in [-0.1, -0.05) is 12.1 Å². The van der Waals surface area contributed by atoms with Gasteiger partial charge < -0.3 is 14.4 Å². The fourth-order valence-corrected chi connectivity index (χ4v) is 4.61. The summed E-state index contributed by atoms with van der Waals surface area (Å²) in [5.41, 5.74) is 0.383. The number of amides is 2. The molecule has 1 atom stereocenters. The van der Waals surface area contributed by atoms with Crippen LogP contribution in [0.3, 0.4) is 0 Å². The van der Waals surface area contributed by atoms with Crippen LogP contribution in [0, 0.1) is 5.92 Å². The number of halogens is 2. The molecule has 4 fully saturated rings. The summed E-state index contributed by atoms with van der Waals surface area (Å²) in [6.45, 7) is 0.710. The Morgan fingerprint density at radius 2 is 1.93 bits per heavy atom. The molecule has 0 aromatic heterocycles. The van der Waals surface area contributed by atoms with E-state index in [1.807, 2.05) is 4.90 Å². The maximum atomic E-state index is 12.3. The van der Waals surface area contributed by atoms with E-state index in [4.69, 9.17) is 4.74 Å². The van der Waals surface area contributed by atoms with Crippen molar-refractivity contribution >= 4 is 12.0 Å². The van der Waals surface area contributed by atoms with Crippen LogP contribution in [0.2, 0.25) is 0 Å². The number of alkyl halides is 2. The van der Waals surface area contributed by atoms with E-state index in [0.29, 0.717) is 39.3 Å². The van der Waals surface area contributed by atoms with Crippen molar-refractivity contribution in [3.8, 4) is 5.75 Å². The minimum atomic E-state index is -2.83. The second-order valence-corrected chi connectivity index (χ2v) is 8.37. The lowest BCUT2D eigenvalue weighted by molar-refractivity contribution is -0.157. The molecule has 1 saturated carbocycles. The molecule has 2 amide bonds. The van der Waals surface area contributed by atoms with Crippen molar-refractivity contribution in [3.05, 3.63) is 29.8 Å². The van der Waals surface area contributed by atoms with Gasteiger partial charge in [-0.15, -0.1) is 0 Å². The highest BCUT2D eigenvalue weighted by Crippen LogP contribution is 2.42. The zero-order chi connectivity index (χ0) is 20.2. The first-order valence-electron chi connectivity index (χ1n) is 9.98. The van der Waals surface area contributed by atoms with Gasteiger partial charge in [-0.25, -0.2) is 4.79 Å². The van der Waals surface area contributed by atoms with Gasteiger partial charge in [0.05, 0.1) is 19.1 Å². The molecule has 0 N–H and O–H groups in total. The molecule has 7 nitrogen and oxygen atoms in total. The van der Waals surface area contributed by atoms with Crippen molar-refractivity contribution in [1.82, 2.24) is 14.7 Å². The fraction of sp³-hybridized carbons (Fsp3) is 0.600. The SMILES string of the molecule is O=C(C1CC1)N1CC2(C1)OC(=O)N1CCN(Cc3ccc(OC(F)F)cc3)CC12. The Hall–Kier alpha value is -2.42. The summed E-state index contributed by atoms with van der Waals surface area (Å²) in [6, 6.07) is 6.54. The summed E-state index contributed by atoms with van der Waals surface area (Å²) in [5.74, 6) is 0.488. The maximum absolute atomic E-state index is 12.3. The van der Waals surface area contributed by atoms with E-state index in [-0.39, 0.29) is 29.7 Å². The number of carbonyl (C=O) groups is 2. The molecule has 3 heterocycles. The summed E-state index contributed by atoms with van der Waals surface area (Å²) in [6.07, 6.45) is 1.64. The molecule has 1 aliphatic carbocycles. The Kier molecular flexibility index (Phi) is 4.38. The molecule has 1 spiro atoms. The Labute approximate surface area is 167 Å². The molecule has 3 saturated heterocycles. The van der Waals surface area contributed by atoms with E-state index in [2.05, 4.69) is 9.64 Å². The van der Waals surface area contributed by atoms with Crippen molar-refractivity contribution < 1.29 is 27.8 Å². The number of benzene rings is 1. The molecule has 0 radical (unpaired) electrons. The third-order valence-corrected chi connectivity index (χ3v) is 6.31. The van der Waals surface area contributed by atoms with Crippen molar-refractivity contribution in [1.29, 1.82) is 0 Å². The summed E-state index contributed by atoms with van der Waals surface area (Å²) < 4.78 is 34.7. The van der Waals surface area contributed by atoms with Gasteiger partial charge in [0.1, 0.15) is 5.75 Å². The molecule has 1 aromatic rings. The molecule has 5 rings (SSSR count). The topological polar surface area (TPSA) is 62.3 Å².